The van der Waals surface area contributed by atoms with Gasteiger partial charge in [0.15, 0.2) is 6.10 Å². The molecule has 0 bridgehead atoms. The summed E-state index contributed by atoms with van der Waals surface area (Å²) in [6, 6.07) is 0. The van der Waals surface area contributed by atoms with Crippen molar-refractivity contribution in [2.24, 2.45) is 0 Å². The highest BCUT2D eigenvalue weighted by molar-refractivity contribution is 5.71. The number of unbranched alkanes of at least 4 members (excludes halogenated alkanes) is 67. The van der Waals surface area contributed by atoms with Gasteiger partial charge in [0.05, 0.1) is 34.4 Å². The maximum atomic E-state index is 13.0. The van der Waals surface area contributed by atoms with E-state index in [2.05, 4.69) is 38.2 Å². The first-order valence-electron chi connectivity index (χ1n) is 45.0. The molecule has 0 aromatic carbocycles. The lowest BCUT2D eigenvalue weighted by atomic mass is 10.0. The van der Waals surface area contributed by atoms with Crippen molar-refractivity contribution in [1.82, 2.24) is 0 Å². The molecule has 100 heavy (non-hydrogen) atoms. The maximum absolute atomic E-state index is 13.0. The van der Waals surface area contributed by atoms with Crippen molar-refractivity contribution in [3.8, 4) is 0 Å². The average Bonchev–Trinajstić information content (AvgIpc) is 1.67. The van der Waals surface area contributed by atoms with Crippen molar-refractivity contribution in [2.75, 3.05) is 47.5 Å². The standard InChI is InChI=1S/C91H175NO8/c1-6-8-10-12-14-16-18-20-22-24-26-28-30-32-34-36-38-40-42-43-44-45-46-48-49-51-53-55-57-59-61-63-65-67-69-71-73-75-77-79-81-88(93)98-85-87(86-99-91(90(95)96)97-84-83-92(3,4)5)100-89(94)82-80-78-76-74-72-70-68-66-64-62-60-58-56-54-52-50-47-41-39-37-35-33-31-29-27-25-23-21-19-17-15-13-11-9-7-2/h19,21,25,27,87,91H,6-18,20,22-24,26,28-86H2,1-5H3/p+1/b21-19-,27-25-. The van der Waals surface area contributed by atoms with Gasteiger partial charge in [-0.3, -0.25) is 9.59 Å². The largest absolute Gasteiger partial charge is 0.477 e. The second-order valence-electron chi connectivity index (χ2n) is 32.3. The topological polar surface area (TPSA) is 108 Å². The summed E-state index contributed by atoms with van der Waals surface area (Å²) in [5.74, 6) is -1.96. The van der Waals surface area contributed by atoms with Gasteiger partial charge in [-0.15, -0.1) is 0 Å². The van der Waals surface area contributed by atoms with Crippen LogP contribution in [0.25, 0.3) is 0 Å². The van der Waals surface area contributed by atoms with Crippen molar-refractivity contribution in [1.29, 1.82) is 0 Å². The van der Waals surface area contributed by atoms with Gasteiger partial charge in [-0.2, -0.15) is 0 Å². The summed E-state index contributed by atoms with van der Waals surface area (Å²) in [6.45, 7) is 4.97. The van der Waals surface area contributed by atoms with Crippen LogP contribution in [0.3, 0.4) is 0 Å². The Morgan fingerprint density at radius 1 is 0.300 bits per heavy atom. The summed E-state index contributed by atoms with van der Waals surface area (Å²) in [5.41, 5.74) is 0. The van der Waals surface area contributed by atoms with Crippen LogP contribution in [0.5, 0.6) is 0 Å². The van der Waals surface area contributed by atoms with Gasteiger partial charge >= 0.3 is 17.9 Å². The van der Waals surface area contributed by atoms with Gasteiger partial charge in [-0.05, 0) is 44.9 Å². The molecule has 0 saturated heterocycles. The lowest BCUT2D eigenvalue weighted by Gasteiger charge is -2.25. The number of carboxylic acid groups (broad SMARTS) is 1. The van der Waals surface area contributed by atoms with Crippen LogP contribution in [0.4, 0.5) is 0 Å². The third kappa shape index (κ3) is 83.0. The van der Waals surface area contributed by atoms with Gasteiger partial charge in [0.1, 0.15) is 13.2 Å². The zero-order chi connectivity index (χ0) is 72.5. The maximum Gasteiger partial charge on any atom is 0.361 e. The molecule has 0 aliphatic rings. The molecule has 0 amide bonds. The fourth-order valence-electron chi connectivity index (χ4n) is 14.1. The molecule has 0 rings (SSSR count). The van der Waals surface area contributed by atoms with Crippen molar-refractivity contribution < 1.29 is 42.9 Å². The minimum Gasteiger partial charge on any atom is -0.477 e. The molecule has 0 radical (unpaired) electrons. The quantitative estimate of drug-likeness (QED) is 0.0211. The summed E-state index contributed by atoms with van der Waals surface area (Å²) in [6.07, 6.45) is 104. The van der Waals surface area contributed by atoms with Crippen molar-refractivity contribution in [2.45, 2.75) is 495 Å². The summed E-state index contributed by atoms with van der Waals surface area (Å²) < 4.78 is 23.1. The Hall–Kier alpha value is -2.23. The van der Waals surface area contributed by atoms with Gasteiger partial charge in [-0.1, -0.05) is 449 Å². The first kappa shape index (κ1) is 97.8. The minimum atomic E-state index is -1.51. The zero-order valence-electron chi connectivity index (χ0n) is 68.2. The Bertz CT molecular complexity index is 1690. The number of hydrogen-bond acceptors (Lipinski definition) is 7. The van der Waals surface area contributed by atoms with Gasteiger partial charge in [0.25, 0.3) is 6.29 Å². The lowest BCUT2D eigenvalue weighted by Crippen LogP contribution is -2.40. The number of carboxylic acids is 1. The van der Waals surface area contributed by atoms with Gasteiger partial charge < -0.3 is 28.5 Å². The number of quaternary nitrogens is 1. The Balaban J connectivity index is 3.88. The van der Waals surface area contributed by atoms with Crippen molar-refractivity contribution in [3.63, 3.8) is 0 Å². The van der Waals surface area contributed by atoms with E-state index in [1.165, 1.54) is 411 Å². The highest BCUT2D eigenvalue weighted by Crippen LogP contribution is 2.21. The van der Waals surface area contributed by atoms with E-state index < -0.39 is 18.4 Å². The molecule has 0 fully saturated rings. The molecule has 0 aromatic rings. The van der Waals surface area contributed by atoms with E-state index in [4.69, 9.17) is 18.9 Å². The summed E-state index contributed by atoms with van der Waals surface area (Å²) in [4.78, 5) is 37.8. The molecule has 0 spiro atoms. The Morgan fingerprint density at radius 3 is 0.790 bits per heavy atom. The minimum absolute atomic E-state index is 0.173. The van der Waals surface area contributed by atoms with E-state index in [0.29, 0.717) is 17.4 Å². The third-order valence-electron chi connectivity index (χ3n) is 21.0. The lowest BCUT2D eigenvalue weighted by molar-refractivity contribution is -0.870. The molecule has 9 heteroatoms. The second-order valence-corrected chi connectivity index (χ2v) is 32.3. The number of nitrogens with zero attached hydrogens (tertiary/aromatic N) is 1. The number of carbonyl (C=O) groups excluding carboxylic acids is 2. The fraction of sp³-hybridized carbons (Fsp3) is 0.923. The highest BCUT2D eigenvalue weighted by Gasteiger charge is 2.25. The van der Waals surface area contributed by atoms with Crippen molar-refractivity contribution >= 4 is 17.9 Å². The number of allylic oxidation sites excluding steroid dienone is 4. The van der Waals surface area contributed by atoms with E-state index in [0.717, 1.165) is 44.9 Å². The van der Waals surface area contributed by atoms with Crippen LogP contribution in [0.15, 0.2) is 24.3 Å². The number of hydrogen-bond donors (Lipinski definition) is 1. The van der Waals surface area contributed by atoms with E-state index >= 15 is 0 Å². The SMILES string of the molecule is CCCCCCC/C=C\C/C=C\CCCCCCCCCCCCCCCCCCCCCCCCCC(=O)OC(COC(=O)CCCCCCCCCCCCCCCCCCCCCCCCCCCCCCCCCCCCCCCCCC)COC(OCC[N+](C)(C)C)C(=O)O. The molecule has 0 saturated carbocycles. The average molecular weight is 1410 g/mol. The molecule has 0 aliphatic heterocycles. The van der Waals surface area contributed by atoms with Crippen LogP contribution in [0.2, 0.25) is 0 Å². The van der Waals surface area contributed by atoms with Crippen LogP contribution in [-0.2, 0) is 33.3 Å². The molecule has 9 nitrogen and oxygen atoms in total. The Morgan fingerprint density at radius 2 is 0.540 bits per heavy atom. The smallest absolute Gasteiger partial charge is 0.361 e. The number of carbonyl (C=O) groups is 3. The highest BCUT2D eigenvalue weighted by atomic mass is 16.7. The van der Waals surface area contributed by atoms with Gasteiger partial charge in [0, 0.05) is 12.8 Å². The summed E-state index contributed by atoms with van der Waals surface area (Å²) >= 11 is 0. The first-order valence-corrected chi connectivity index (χ1v) is 45.0. The molecule has 1 N–H and O–H groups in total. The van der Waals surface area contributed by atoms with E-state index in [1.807, 2.05) is 21.1 Å². The molecule has 0 heterocycles. The van der Waals surface area contributed by atoms with Crippen LogP contribution in [-0.4, -0.2) is 87.4 Å². The van der Waals surface area contributed by atoms with Crippen LogP contribution in [0, 0.1) is 0 Å². The van der Waals surface area contributed by atoms with Gasteiger partial charge in [-0.25, -0.2) is 4.79 Å². The zero-order valence-corrected chi connectivity index (χ0v) is 68.2. The predicted octanol–water partition coefficient (Wildman–Crippen LogP) is 29.2. The number of esters is 2. The van der Waals surface area contributed by atoms with Crippen molar-refractivity contribution in [3.05, 3.63) is 24.3 Å². The molecular formula is C91H176NO8+. The Kier molecular flexibility index (Phi) is 80.6. The number of likely N-dealkylation sites (N-methyl/N-ethyl adjacent to an activating group) is 1. The Labute approximate surface area is 624 Å². The number of aliphatic carboxylic acids is 1. The molecule has 592 valence electrons. The van der Waals surface area contributed by atoms with E-state index in [1.54, 1.807) is 0 Å². The summed E-state index contributed by atoms with van der Waals surface area (Å²) in [7, 11) is 6.01. The number of ether oxygens (including phenoxy) is 4. The molecule has 0 aliphatic carbocycles. The van der Waals surface area contributed by atoms with Gasteiger partial charge in [0.2, 0.25) is 0 Å². The first-order chi connectivity index (χ1) is 49.1. The molecule has 2 atom stereocenters. The predicted molar refractivity (Wildman–Crippen MR) is 434 cm³/mol. The second kappa shape index (κ2) is 82.4. The van der Waals surface area contributed by atoms with E-state index in [9.17, 15) is 19.5 Å². The van der Waals surface area contributed by atoms with E-state index in [-0.39, 0.29) is 38.2 Å². The molecule has 0 aromatic heterocycles. The normalized spacial score (nSPS) is 12.6. The van der Waals surface area contributed by atoms with Crippen LogP contribution >= 0.6 is 0 Å². The summed E-state index contributed by atoms with van der Waals surface area (Å²) in [5, 5.41) is 9.79. The number of rotatable bonds is 86. The van der Waals surface area contributed by atoms with Crippen LogP contribution in [0.1, 0.15) is 483 Å². The molecule has 2 unspecified atom stereocenters. The third-order valence-corrected chi connectivity index (χ3v) is 21.0. The monoisotopic (exact) mass is 1410 g/mol. The fourth-order valence-corrected chi connectivity index (χ4v) is 14.1. The van der Waals surface area contributed by atoms with Crippen LogP contribution < -0.4 is 0 Å². The molecular weight excluding hydrogens is 1230 g/mol.